The van der Waals surface area contributed by atoms with E-state index >= 15 is 0 Å². The Kier molecular flexibility index (Phi) is 3.54. The van der Waals surface area contributed by atoms with Crippen molar-refractivity contribution in [2.45, 2.75) is 25.0 Å². The summed E-state index contributed by atoms with van der Waals surface area (Å²) in [4.78, 5) is 16.7. The van der Waals surface area contributed by atoms with Crippen molar-refractivity contribution in [2.24, 2.45) is 5.92 Å². The van der Waals surface area contributed by atoms with Crippen LogP contribution in [-0.2, 0) is 14.3 Å². The standard InChI is InChI=1S/C13H22N2O3/c1-14-5-7-18-12-2-4-15(8-11(12)14)13(16)10-3-6-17-9-10/h10-12H,2-9H2,1H3/t10?,11-,12-/m0/s1. The highest BCUT2D eigenvalue weighted by Crippen LogP contribution is 2.24. The Labute approximate surface area is 108 Å². The highest BCUT2D eigenvalue weighted by Gasteiger charge is 2.38. The van der Waals surface area contributed by atoms with Gasteiger partial charge in [-0.3, -0.25) is 9.69 Å². The third kappa shape index (κ3) is 2.27. The number of nitrogens with zero attached hydrogens (tertiary/aromatic N) is 2. The van der Waals surface area contributed by atoms with Gasteiger partial charge < -0.3 is 14.4 Å². The van der Waals surface area contributed by atoms with Gasteiger partial charge >= 0.3 is 0 Å². The number of carbonyl (C=O) groups is 1. The van der Waals surface area contributed by atoms with Crippen LogP contribution in [0, 0.1) is 5.92 Å². The van der Waals surface area contributed by atoms with Crippen LogP contribution in [0.2, 0.25) is 0 Å². The maximum absolute atomic E-state index is 12.4. The van der Waals surface area contributed by atoms with E-state index in [1.165, 1.54) is 0 Å². The molecular formula is C13H22N2O3. The van der Waals surface area contributed by atoms with Gasteiger partial charge in [0.05, 0.1) is 31.3 Å². The van der Waals surface area contributed by atoms with Crippen molar-refractivity contribution in [1.82, 2.24) is 9.80 Å². The molecule has 5 nitrogen and oxygen atoms in total. The maximum atomic E-state index is 12.4. The van der Waals surface area contributed by atoms with E-state index in [0.717, 1.165) is 45.7 Å². The quantitative estimate of drug-likeness (QED) is 0.658. The summed E-state index contributed by atoms with van der Waals surface area (Å²) < 4.78 is 11.1. The molecule has 3 atom stereocenters. The molecule has 3 heterocycles. The van der Waals surface area contributed by atoms with Crippen molar-refractivity contribution >= 4 is 5.91 Å². The number of ether oxygens (including phenoxy) is 2. The van der Waals surface area contributed by atoms with E-state index in [4.69, 9.17) is 9.47 Å². The van der Waals surface area contributed by atoms with Gasteiger partial charge in [0.1, 0.15) is 0 Å². The lowest BCUT2D eigenvalue weighted by molar-refractivity contribution is -0.145. The summed E-state index contributed by atoms with van der Waals surface area (Å²) in [5, 5.41) is 0. The summed E-state index contributed by atoms with van der Waals surface area (Å²) >= 11 is 0. The Morgan fingerprint density at radius 1 is 1.22 bits per heavy atom. The summed E-state index contributed by atoms with van der Waals surface area (Å²) in [5.41, 5.74) is 0. The summed E-state index contributed by atoms with van der Waals surface area (Å²) in [6, 6.07) is 0.374. The molecular weight excluding hydrogens is 232 g/mol. The number of fused-ring (bicyclic) bond motifs is 1. The van der Waals surface area contributed by atoms with E-state index in [2.05, 4.69) is 11.9 Å². The molecule has 3 saturated heterocycles. The highest BCUT2D eigenvalue weighted by molar-refractivity contribution is 5.79. The number of hydrogen-bond acceptors (Lipinski definition) is 4. The maximum Gasteiger partial charge on any atom is 0.228 e. The third-order valence-corrected chi connectivity index (χ3v) is 4.45. The Bertz CT molecular complexity index is 317. The number of likely N-dealkylation sites (N-methyl/N-ethyl adjacent to an activating group) is 1. The van der Waals surface area contributed by atoms with Crippen molar-refractivity contribution in [3.05, 3.63) is 0 Å². The summed E-state index contributed by atoms with van der Waals surface area (Å²) in [7, 11) is 2.13. The molecule has 0 aromatic heterocycles. The molecule has 0 aliphatic carbocycles. The number of likely N-dealkylation sites (tertiary alicyclic amines) is 1. The molecule has 3 aliphatic rings. The topological polar surface area (TPSA) is 42.0 Å². The molecule has 1 unspecified atom stereocenters. The summed E-state index contributed by atoms with van der Waals surface area (Å²) in [5.74, 6) is 0.376. The number of piperidine rings is 1. The Balaban J connectivity index is 1.63. The van der Waals surface area contributed by atoms with E-state index in [1.54, 1.807) is 0 Å². The summed E-state index contributed by atoms with van der Waals surface area (Å²) in [6.07, 6.45) is 2.16. The van der Waals surface area contributed by atoms with Crippen LogP contribution in [0.4, 0.5) is 0 Å². The second-order valence-electron chi connectivity index (χ2n) is 5.59. The monoisotopic (exact) mass is 254 g/mol. The fourth-order valence-electron chi connectivity index (χ4n) is 3.23. The minimum absolute atomic E-state index is 0.0939. The normalized spacial score (nSPS) is 37.6. The van der Waals surface area contributed by atoms with Crippen molar-refractivity contribution in [3.8, 4) is 0 Å². The van der Waals surface area contributed by atoms with Crippen LogP contribution in [0.15, 0.2) is 0 Å². The minimum Gasteiger partial charge on any atom is -0.381 e. The molecule has 1 amide bonds. The molecule has 0 radical (unpaired) electrons. The Hall–Kier alpha value is -0.650. The van der Waals surface area contributed by atoms with Crippen LogP contribution in [0.5, 0.6) is 0 Å². The van der Waals surface area contributed by atoms with E-state index in [9.17, 15) is 4.79 Å². The molecule has 0 aromatic carbocycles. The van der Waals surface area contributed by atoms with Gasteiger partial charge in [0.2, 0.25) is 5.91 Å². The third-order valence-electron chi connectivity index (χ3n) is 4.45. The van der Waals surface area contributed by atoms with Gasteiger partial charge in [0.25, 0.3) is 0 Å². The molecule has 0 spiro atoms. The average molecular weight is 254 g/mol. The zero-order valence-electron chi connectivity index (χ0n) is 11.0. The van der Waals surface area contributed by atoms with Gasteiger partial charge in [0, 0.05) is 26.2 Å². The SMILES string of the molecule is CN1CCO[C@H]2CCN(C(=O)C3CCOC3)C[C@@H]21. The van der Waals surface area contributed by atoms with E-state index in [0.29, 0.717) is 18.8 Å². The highest BCUT2D eigenvalue weighted by atomic mass is 16.5. The Morgan fingerprint density at radius 3 is 2.89 bits per heavy atom. The first-order valence-corrected chi connectivity index (χ1v) is 6.94. The molecule has 0 aromatic rings. The fourth-order valence-corrected chi connectivity index (χ4v) is 3.23. The lowest BCUT2D eigenvalue weighted by Crippen LogP contribution is -2.60. The number of morpholine rings is 1. The zero-order valence-corrected chi connectivity index (χ0v) is 11.0. The lowest BCUT2D eigenvalue weighted by Gasteiger charge is -2.46. The van der Waals surface area contributed by atoms with Gasteiger partial charge in [0.15, 0.2) is 0 Å². The largest absolute Gasteiger partial charge is 0.381 e. The molecule has 3 fully saturated rings. The summed E-state index contributed by atoms with van der Waals surface area (Å²) in [6.45, 7) is 4.79. The number of carbonyl (C=O) groups excluding carboxylic acids is 1. The van der Waals surface area contributed by atoms with E-state index < -0.39 is 0 Å². The Morgan fingerprint density at radius 2 is 2.11 bits per heavy atom. The van der Waals surface area contributed by atoms with Crippen LogP contribution in [-0.4, -0.2) is 74.4 Å². The van der Waals surface area contributed by atoms with Crippen molar-refractivity contribution in [3.63, 3.8) is 0 Å². The fraction of sp³-hybridized carbons (Fsp3) is 0.923. The van der Waals surface area contributed by atoms with Crippen molar-refractivity contribution in [2.75, 3.05) is 46.5 Å². The molecule has 0 bridgehead atoms. The van der Waals surface area contributed by atoms with Crippen LogP contribution >= 0.6 is 0 Å². The molecule has 18 heavy (non-hydrogen) atoms. The minimum atomic E-state index is 0.0939. The smallest absolute Gasteiger partial charge is 0.228 e. The van der Waals surface area contributed by atoms with Crippen LogP contribution < -0.4 is 0 Å². The second-order valence-corrected chi connectivity index (χ2v) is 5.59. The van der Waals surface area contributed by atoms with Crippen molar-refractivity contribution < 1.29 is 14.3 Å². The van der Waals surface area contributed by atoms with Gasteiger partial charge in [-0.25, -0.2) is 0 Å². The number of rotatable bonds is 1. The average Bonchev–Trinajstić information content (AvgIpc) is 2.92. The number of hydrogen-bond donors (Lipinski definition) is 0. The van der Waals surface area contributed by atoms with Crippen LogP contribution in [0.1, 0.15) is 12.8 Å². The molecule has 5 heteroatoms. The van der Waals surface area contributed by atoms with E-state index in [1.807, 2.05) is 4.90 Å². The van der Waals surface area contributed by atoms with Gasteiger partial charge in [-0.05, 0) is 19.9 Å². The first-order valence-electron chi connectivity index (χ1n) is 6.94. The van der Waals surface area contributed by atoms with Crippen molar-refractivity contribution in [1.29, 1.82) is 0 Å². The lowest BCUT2D eigenvalue weighted by atomic mass is 9.97. The molecule has 102 valence electrons. The molecule has 3 rings (SSSR count). The molecule has 0 saturated carbocycles. The van der Waals surface area contributed by atoms with Crippen LogP contribution in [0.25, 0.3) is 0 Å². The first kappa shape index (κ1) is 12.4. The zero-order chi connectivity index (χ0) is 12.5. The van der Waals surface area contributed by atoms with E-state index in [-0.39, 0.29) is 11.8 Å². The number of amides is 1. The van der Waals surface area contributed by atoms with Gasteiger partial charge in [-0.15, -0.1) is 0 Å². The molecule has 0 N–H and O–H groups in total. The van der Waals surface area contributed by atoms with Crippen LogP contribution in [0.3, 0.4) is 0 Å². The molecule has 3 aliphatic heterocycles. The van der Waals surface area contributed by atoms with Gasteiger partial charge in [-0.2, -0.15) is 0 Å². The first-order chi connectivity index (χ1) is 8.75. The second kappa shape index (κ2) is 5.15. The predicted octanol–water partition coefficient (Wildman–Crippen LogP) is -0.0456. The van der Waals surface area contributed by atoms with Gasteiger partial charge in [-0.1, -0.05) is 0 Å². The predicted molar refractivity (Wildman–Crippen MR) is 66.3 cm³/mol.